The predicted molar refractivity (Wildman–Crippen MR) is 82.8 cm³/mol. The Labute approximate surface area is 124 Å². The van der Waals surface area contributed by atoms with Gasteiger partial charge < -0.3 is 9.64 Å². The highest BCUT2D eigenvalue weighted by Crippen LogP contribution is 2.19. The minimum atomic E-state index is -0.249. The van der Waals surface area contributed by atoms with E-state index in [0.29, 0.717) is 5.41 Å². The SMILES string of the molecule is CCCC(OC)C(=O)N1CCN(CCC(C)(C)C)CC1. The Bertz CT molecular complexity index is 291. The van der Waals surface area contributed by atoms with E-state index in [1.54, 1.807) is 7.11 Å². The van der Waals surface area contributed by atoms with E-state index in [4.69, 9.17) is 4.74 Å². The summed E-state index contributed by atoms with van der Waals surface area (Å²) in [5, 5.41) is 0. The van der Waals surface area contributed by atoms with Crippen molar-refractivity contribution in [2.45, 2.75) is 53.1 Å². The number of rotatable bonds is 6. The molecular weight excluding hydrogens is 252 g/mol. The molecule has 0 bridgehead atoms. The fourth-order valence-corrected chi connectivity index (χ4v) is 2.49. The van der Waals surface area contributed by atoms with E-state index in [1.807, 2.05) is 4.90 Å². The standard InChI is InChI=1S/C16H32N2O2/c1-6-7-14(20-5)15(19)18-12-10-17(11-13-18)9-8-16(2,3)4/h14H,6-13H2,1-5H3. The first kappa shape index (κ1) is 17.4. The second kappa shape index (κ2) is 7.99. The van der Waals surface area contributed by atoms with Gasteiger partial charge in [0.15, 0.2) is 0 Å². The Morgan fingerprint density at radius 3 is 2.25 bits per heavy atom. The second-order valence-electron chi connectivity index (χ2n) is 6.99. The molecule has 0 aromatic heterocycles. The number of ether oxygens (including phenoxy) is 1. The molecule has 1 aliphatic heterocycles. The van der Waals surface area contributed by atoms with Crippen LogP contribution in [-0.2, 0) is 9.53 Å². The van der Waals surface area contributed by atoms with Crippen molar-refractivity contribution >= 4 is 5.91 Å². The molecule has 1 unspecified atom stereocenters. The maximum atomic E-state index is 12.3. The van der Waals surface area contributed by atoms with Crippen LogP contribution >= 0.6 is 0 Å². The van der Waals surface area contributed by atoms with Gasteiger partial charge in [-0.3, -0.25) is 9.69 Å². The summed E-state index contributed by atoms with van der Waals surface area (Å²) in [5.74, 6) is 0.171. The quantitative estimate of drug-likeness (QED) is 0.751. The lowest BCUT2D eigenvalue weighted by atomic mass is 9.92. The van der Waals surface area contributed by atoms with Crippen LogP contribution in [0.15, 0.2) is 0 Å². The third-order valence-corrected chi connectivity index (χ3v) is 3.97. The van der Waals surface area contributed by atoms with Crippen LogP contribution in [0.1, 0.15) is 47.0 Å². The molecule has 1 heterocycles. The van der Waals surface area contributed by atoms with Crippen LogP contribution < -0.4 is 0 Å². The second-order valence-corrected chi connectivity index (χ2v) is 6.99. The number of carbonyl (C=O) groups excluding carboxylic acids is 1. The van der Waals surface area contributed by atoms with Gasteiger partial charge in [-0.1, -0.05) is 34.1 Å². The average Bonchev–Trinajstić information content (AvgIpc) is 2.41. The van der Waals surface area contributed by atoms with E-state index in [2.05, 4.69) is 32.6 Å². The van der Waals surface area contributed by atoms with Crippen LogP contribution in [0.4, 0.5) is 0 Å². The third-order valence-electron chi connectivity index (χ3n) is 3.97. The number of carbonyl (C=O) groups is 1. The van der Waals surface area contributed by atoms with Crippen LogP contribution in [0, 0.1) is 5.41 Å². The first-order chi connectivity index (χ1) is 9.37. The molecule has 0 N–H and O–H groups in total. The van der Waals surface area contributed by atoms with Crippen LogP contribution in [0.3, 0.4) is 0 Å². The highest BCUT2D eigenvalue weighted by atomic mass is 16.5. The number of hydrogen-bond donors (Lipinski definition) is 0. The Morgan fingerprint density at radius 2 is 1.80 bits per heavy atom. The number of methoxy groups -OCH3 is 1. The van der Waals surface area contributed by atoms with E-state index in [0.717, 1.165) is 45.6 Å². The molecule has 4 nitrogen and oxygen atoms in total. The lowest BCUT2D eigenvalue weighted by Gasteiger charge is -2.37. The molecule has 1 amide bonds. The fourth-order valence-electron chi connectivity index (χ4n) is 2.49. The summed E-state index contributed by atoms with van der Waals surface area (Å²) < 4.78 is 5.32. The summed E-state index contributed by atoms with van der Waals surface area (Å²) >= 11 is 0. The zero-order valence-corrected chi connectivity index (χ0v) is 13.9. The zero-order chi connectivity index (χ0) is 15.2. The molecule has 4 heteroatoms. The van der Waals surface area contributed by atoms with Gasteiger partial charge >= 0.3 is 0 Å². The molecule has 0 radical (unpaired) electrons. The Balaban J connectivity index is 2.36. The average molecular weight is 284 g/mol. The molecular formula is C16H32N2O2. The zero-order valence-electron chi connectivity index (χ0n) is 13.9. The highest BCUT2D eigenvalue weighted by molar-refractivity contribution is 5.81. The fraction of sp³-hybridized carbons (Fsp3) is 0.938. The lowest BCUT2D eigenvalue weighted by molar-refractivity contribution is -0.144. The molecule has 1 atom stereocenters. The minimum Gasteiger partial charge on any atom is -0.372 e. The molecule has 1 aliphatic rings. The van der Waals surface area contributed by atoms with E-state index in [9.17, 15) is 4.79 Å². The largest absolute Gasteiger partial charge is 0.372 e. The van der Waals surface area contributed by atoms with Gasteiger partial charge in [-0.2, -0.15) is 0 Å². The molecule has 0 saturated carbocycles. The van der Waals surface area contributed by atoms with Crippen molar-refractivity contribution in [1.29, 1.82) is 0 Å². The first-order valence-corrected chi connectivity index (χ1v) is 7.91. The van der Waals surface area contributed by atoms with Crippen LogP contribution in [0.2, 0.25) is 0 Å². The lowest BCUT2D eigenvalue weighted by Crippen LogP contribution is -2.52. The van der Waals surface area contributed by atoms with Crippen molar-refractivity contribution in [3.8, 4) is 0 Å². The molecule has 1 saturated heterocycles. The van der Waals surface area contributed by atoms with Gasteiger partial charge in [-0.25, -0.2) is 0 Å². The minimum absolute atomic E-state index is 0.171. The molecule has 0 spiro atoms. The van der Waals surface area contributed by atoms with Crippen molar-refractivity contribution in [1.82, 2.24) is 9.80 Å². The topological polar surface area (TPSA) is 32.8 Å². The molecule has 0 aromatic carbocycles. The molecule has 0 aromatic rings. The maximum Gasteiger partial charge on any atom is 0.251 e. The smallest absolute Gasteiger partial charge is 0.251 e. The van der Waals surface area contributed by atoms with Crippen molar-refractivity contribution in [2.75, 3.05) is 39.8 Å². The van der Waals surface area contributed by atoms with Crippen LogP contribution in [-0.4, -0.2) is 61.6 Å². The number of nitrogens with zero attached hydrogens (tertiary/aromatic N) is 2. The summed E-state index contributed by atoms with van der Waals surface area (Å²) in [4.78, 5) is 16.8. The van der Waals surface area contributed by atoms with Crippen LogP contribution in [0.5, 0.6) is 0 Å². The third kappa shape index (κ3) is 5.80. The monoisotopic (exact) mass is 284 g/mol. The Hall–Kier alpha value is -0.610. The normalized spacial score (nSPS) is 19.1. The van der Waals surface area contributed by atoms with Gasteiger partial charge in [-0.15, -0.1) is 0 Å². The van der Waals surface area contributed by atoms with Crippen molar-refractivity contribution in [3.05, 3.63) is 0 Å². The number of piperazine rings is 1. The van der Waals surface area contributed by atoms with Gasteiger partial charge in [-0.05, 0) is 24.8 Å². The van der Waals surface area contributed by atoms with Crippen LogP contribution in [0.25, 0.3) is 0 Å². The van der Waals surface area contributed by atoms with Gasteiger partial charge in [0, 0.05) is 33.3 Å². The highest BCUT2D eigenvalue weighted by Gasteiger charge is 2.27. The van der Waals surface area contributed by atoms with Crippen molar-refractivity contribution in [2.24, 2.45) is 5.41 Å². The Kier molecular flexibility index (Phi) is 6.96. The number of hydrogen-bond acceptors (Lipinski definition) is 3. The van der Waals surface area contributed by atoms with Gasteiger partial charge in [0.05, 0.1) is 0 Å². The maximum absolute atomic E-state index is 12.3. The van der Waals surface area contributed by atoms with E-state index in [1.165, 1.54) is 6.42 Å². The van der Waals surface area contributed by atoms with Crippen molar-refractivity contribution < 1.29 is 9.53 Å². The summed E-state index contributed by atoms with van der Waals surface area (Å²) in [6.45, 7) is 13.7. The molecule has 1 rings (SSSR count). The van der Waals surface area contributed by atoms with E-state index in [-0.39, 0.29) is 12.0 Å². The van der Waals surface area contributed by atoms with Crippen molar-refractivity contribution in [3.63, 3.8) is 0 Å². The van der Waals surface area contributed by atoms with E-state index < -0.39 is 0 Å². The van der Waals surface area contributed by atoms with E-state index >= 15 is 0 Å². The summed E-state index contributed by atoms with van der Waals surface area (Å²) in [6, 6.07) is 0. The Morgan fingerprint density at radius 1 is 1.20 bits per heavy atom. The predicted octanol–water partition coefficient (Wildman–Crippen LogP) is 2.38. The summed E-state index contributed by atoms with van der Waals surface area (Å²) in [7, 11) is 1.64. The summed E-state index contributed by atoms with van der Waals surface area (Å²) in [6.07, 6.45) is 2.76. The molecule has 118 valence electrons. The molecule has 0 aliphatic carbocycles. The van der Waals surface area contributed by atoms with Gasteiger partial charge in [0.1, 0.15) is 6.10 Å². The van der Waals surface area contributed by atoms with Gasteiger partial charge in [0.25, 0.3) is 5.91 Å². The summed E-state index contributed by atoms with van der Waals surface area (Å²) in [5.41, 5.74) is 0.384. The van der Waals surface area contributed by atoms with Gasteiger partial charge in [0.2, 0.25) is 0 Å². The molecule has 20 heavy (non-hydrogen) atoms. The number of amides is 1. The first-order valence-electron chi connectivity index (χ1n) is 7.91. The molecule has 1 fully saturated rings.